The van der Waals surface area contributed by atoms with Crippen molar-refractivity contribution in [3.8, 4) is 0 Å². The van der Waals surface area contributed by atoms with Crippen molar-refractivity contribution in [1.82, 2.24) is 14.5 Å². The molecule has 0 saturated carbocycles. The number of hydrogen-bond acceptors (Lipinski definition) is 8. The van der Waals surface area contributed by atoms with Gasteiger partial charge in [0, 0.05) is 5.38 Å². The highest BCUT2D eigenvalue weighted by Gasteiger charge is 2.27. The second-order valence-corrected chi connectivity index (χ2v) is 7.25. The van der Waals surface area contributed by atoms with Crippen LogP contribution in [0.2, 0.25) is 0 Å². The highest BCUT2D eigenvalue weighted by molar-refractivity contribution is 7.98. The smallest absolute Gasteiger partial charge is 0.325 e. The summed E-state index contributed by atoms with van der Waals surface area (Å²) in [7, 11) is 1.30. The minimum Gasteiger partial charge on any atom is -0.468 e. The molecule has 1 N–H and O–H groups in total. The number of rotatable bonds is 4. The number of aromatic nitrogens is 3. The normalized spacial score (nSPS) is 16.4. The topological polar surface area (TPSA) is 86.1 Å². The molecule has 2 aromatic heterocycles. The summed E-state index contributed by atoms with van der Waals surface area (Å²) in [6.07, 6.45) is 3.36. The molecule has 0 fully saturated rings. The Kier molecular flexibility index (Phi) is 4.91. The van der Waals surface area contributed by atoms with Crippen LogP contribution >= 0.6 is 23.1 Å². The zero-order valence-electron chi connectivity index (χ0n) is 13.7. The number of carbonyl (C=O) groups is 1. The van der Waals surface area contributed by atoms with Gasteiger partial charge in [-0.25, -0.2) is 9.97 Å². The fraction of sp³-hybridized carbons (Fsp3) is 0.467. The Bertz CT molecular complexity index is 831. The number of fused-ring (bicyclic) bond motifs is 1. The van der Waals surface area contributed by atoms with Gasteiger partial charge in [0.25, 0.3) is 5.56 Å². The molecule has 128 valence electrons. The fourth-order valence-electron chi connectivity index (χ4n) is 2.68. The molecule has 24 heavy (non-hydrogen) atoms. The molecule has 0 amide bonds. The second-order valence-electron chi connectivity index (χ2n) is 5.41. The van der Waals surface area contributed by atoms with E-state index in [-0.39, 0.29) is 18.1 Å². The first-order chi connectivity index (χ1) is 11.5. The maximum atomic E-state index is 12.8. The Morgan fingerprint density at radius 1 is 1.54 bits per heavy atom. The molecule has 7 nitrogen and oxygen atoms in total. The van der Waals surface area contributed by atoms with Crippen LogP contribution in [0.5, 0.6) is 0 Å². The van der Waals surface area contributed by atoms with Gasteiger partial charge in [-0.05, 0) is 26.0 Å². The molecule has 0 unspecified atom stereocenters. The van der Waals surface area contributed by atoms with E-state index in [2.05, 4.69) is 20.0 Å². The third kappa shape index (κ3) is 3.18. The fourth-order valence-corrected chi connectivity index (χ4v) is 3.92. The first kappa shape index (κ1) is 17.0. The van der Waals surface area contributed by atoms with Gasteiger partial charge >= 0.3 is 5.97 Å². The molecule has 1 aliphatic heterocycles. The van der Waals surface area contributed by atoms with Gasteiger partial charge in [0.15, 0.2) is 5.16 Å². The number of thiazole rings is 1. The molecule has 9 heteroatoms. The van der Waals surface area contributed by atoms with Gasteiger partial charge in [-0.1, -0.05) is 11.8 Å². The minimum absolute atomic E-state index is 0.0105. The maximum Gasteiger partial charge on any atom is 0.325 e. The number of carbonyl (C=O) groups excluding carboxylic acids is 1. The van der Waals surface area contributed by atoms with Gasteiger partial charge in [-0.3, -0.25) is 14.2 Å². The van der Waals surface area contributed by atoms with Crippen LogP contribution in [0.3, 0.4) is 0 Å². The van der Waals surface area contributed by atoms with Gasteiger partial charge in [-0.2, -0.15) is 0 Å². The summed E-state index contributed by atoms with van der Waals surface area (Å²) in [5.74, 6) is -0.475. The third-order valence-corrected chi connectivity index (χ3v) is 5.36. The van der Waals surface area contributed by atoms with Crippen LogP contribution in [-0.2, 0) is 22.5 Å². The van der Waals surface area contributed by atoms with Crippen molar-refractivity contribution in [3.63, 3.8) is 0 Å². The largest absolute Gasteiger partial charge is 0.468 e. The van der Waals surface area contributed by atoms with Crippen LogP contribution in [0.1, 0.15) is 28.9 Å². The molecule has 0 aromatic carbocycles. The molecule has 0 spiro atoms. The van der Waals surface area contributed by atoms with E-state index >= 15 is 0 Å². The highest BCUT2D eigenvalue weighted by atomic mass is 32.2. The van der Waals surface area contributed by atoms with Crippen LogP contribution < -0.4 is 10.9 Å². The van der Waals surface area contributed by atoms with E-state index in [0.29, 0.717) is 17.3 Å². The zero-order valence-corrected chi connectivity index (χ0v) is 15.3. The summed E-state index contributed by atoms with van der Waals surface area (Å²) in [6, 6.07) is -0.0105. The lowest BCUT2D eigenvalue weighted by molar-refractivity contribution is -0.141. The van der Waals surface area contributed by atoms with Crippen molar-refractivity contribution in [2.75, 3.05) is 18.7 Å². The average molecular weight is 366 g/mol. The first-order valence-corrected chi connectivity index (χ1v) is 9.57. The Labute approximate surface area is 147 Å². The molecule has 1 atom stereocenters. The van der Waals surface area contributed by atoms with Crippen LogP contribution in [0.25, 0.3) is 0 Å². The third-order valence-electron chi connectivity index (χ3n) is 3.89. The van der Waals surface area contributed by atoms with Crippen molar-refractivity contribution in [2.24, 2.45) is 0 Å². The molecule has 3 heterocycles. The second kappa shape index (κ2) is 6.94. The quantitative estimate of drug-likeness (QED) is 0.503. The number of nitrogens with one attached hydrogen (secondary N) is 1. The molecule has 1 aliphatic rings. The minimum atomic E-state index is -0.475. The lowest BCUT2D eigenvalue weighted by Gasteiger charge is -2.26. The Hall–Kier alpha value is -1.87. The maximum absolute atomic E-state index is 12.8. The van der Waals surface area contributed by atoms with E-state index in [9.17, 15) is 9.59 Å². The van der Waals surface area contributed by atoms with E-state index in [4.69, 9.17) is 0 Å². The standard InChI is InChI=1S/C15H18N4O3S2/c1-8-16-11(7-24-8)9-4-5-10-13(17-9)14(21)19(6-12(20)22-2)15(18-10)23-3/h7,9,17H,4-6H2,1-3H3/t9-/m0/s1. The van der Waals surface area contributed by atoms with Crippen molar-refractivity contribution in [1.29, 1.82) is 0 Å². The van der Waals surface area contributed by atoms with Crippen LogP contribution in [0.15, 0.2) is 15.3 Å². The number of methoxy groups -OCH3 is 1. The SMILES string of the molecule is COC(=O)Cn1c(SC)nc2c(c1=O)N[C@H](c1csc(C)n1)CC2. The first-order valence-electron chi connectivity index (χ1n) is 7.46. The number of nitrogens with zero attached hydrogens (tertiary/aromatic N) is 3. The van der Waals surface area contributed by atoms with Crippen molar-refractivity contribution in [2.45, 2.75) is 37.5 Å². The van der Waals surface area contributed by atoms with Gasteiger partial charge in [-0.15, -0.1) is 11.3 Å². The van der Waals surface area contributed by atoms with E-state index in [1.165, 1.54) is 23.4 Å². The van der Waals surface area contributed by atoms with E-state index in [1.807, 2.05) is 18.6 Å². The van der Waals surface area contributed by atoms with Crippen molar-refractivity contribution >= 4 is 34.8 Å². The lowest BCUT2D eigenvalue weighted by Crippen LogP contribution is -2.34. The summed E-state index contributed by atoms with van der Waals surface area (Å²) in [5.41, 5.74) is 1.90. The summed E-state index contributed by atoms with van der Waals surface area (Å²) in [5, 5.41) is 6.79. The predicted molar refractivity (Wildman–Crippen MR) is 93.8 cm³/mol. The van der Waals surface area contributed by atoms with Crippen molar-refractivity contribution < 1.29 is 9.53 Å². The van der Waals surface area contributed by atoms with Gasteiger partial charge < -0.3 is 10.1 Å². The number of thioether (sulfide) groups is 1. The van der Waals surface area contributed by atoms with E-state index in [1.54, 1.807) is 11.3 Å². The monoisotopic (exact) mass is 366 g/mol. The molecule has 0 saturated heterocycles. The summed E-state index contributed by atoms with van der Waals surface area (Å²) in [4.78, 5) is 33.5. The molecular formula is C15H18N4O3S2. The predicted octanol–water partition coefficient (Wildman–Crippen LogP) is 2.00. The average Bonchev–Trinajstić information content (AvgIpc) is 3.03. The Morgan fingerprint density at radius 3 is 2.96 bits per heavy atom. The summed E-state index contributed by atoms with van der Waals surface area (Å²) in [6.45, 7) is 1.81. The van der Waals surface area contributed by atoms with E-state index in [0.717, 1.165) is 22.8 Å². The summed E-state index contributed by atoms with van der Waals surface area (Å²) < 4.78 is 6.04. The molecule has 0 radical (unpaired) electrons. The van der Waals surface area contributed by atoms with Crippen LogP contribution in [-0.4, -0.2) is 33.9 Å². The lowest BCUT2D eigenvalue weighted by atomic mass is 10.0. The number of aryl methyl sites for hydroxylation is 2. The molecule has 3 rings (SSSR count). The molecule has 2 aromatic rings. The molecule has 0 aliphatic carbocycles. The molecular weight excluding hydrogens is 348 g/mol. The molecule has 0 bridgehead atoms. The van der Waals surface area contributed by atoms with Crippen LogP contribution in [0, 0.1) is 6.92 Å². The number of esters is 1. The van der Waals surface area contributed by atoms with Crippen molar-refractivity contribution in [3.05, 3.63) is 32.1 Å². The Balaban J connectivity index is 1.99. The summed E-state index contributed by atoms with van der Waals surface area (Å²) >= 11 is 2.93. The number of anilines is 1. The number of hydrogen-bond donors (Lipinski definition) is 1. The van der Waals surface area contributed by atoms with Gasteiger partial charge in [0.1, 0.15) is 12.2 Å². The Morgan fingerprint density at radius 2 is 2.33 bits per heavy atom. The van der Waals surface area contributed by atoms with E-state index < -0.39 is 5.97 Å². The highest BCUT2D eigenvalue weighted by Crippen LogP contribution is 2.31. The van der Waals surface area contributed by atoms with Crippen LogP contribution in [0.4, 0.5) is 5.69 Å². The van der Waals surface area contributed by atoms with Gasteiger partial charge in [0.05, 0.1) is 29.5 Å². The van der Waals surface area contributed by atoms with Gasteiger partial charge in [0.2, 0.25) is 0 Å². The zero-order chi connectivity index (χ0) is 17.3. The number of ether oxygens (including phenoxy) is 1.